The van der Waals surface area contributed by atoms with E-state index in [1.54, 1.807) is 6.08 Å². The molecule has 0 heterocycles. The van der Waals surface area contributed by atoms with Crippen LogP contribution < -0.4 is 0 Å². The first-order chi connectivity index (χ1) is 6.70. The maximum atomic E-state index is 10.3. The highest BCUT2D eigenvalue weighted by Gasteiger charge is 2.16. The molecule has 0 fully saturated rings. The van der Waals surface area contributed by atoms with E-state index in [-0.39, 0.29) is 5.92 Å². The van der Waals surface area contributed by atoms with E-state index in [0.29, 0.717) is 6.42 Å². The second-order valence-electron chi connectivity index (χ2n) is 3.55. The van der Waals surface area contributed by atoms with Crippen molar-refractivity contribution in [3.8, 4) is 0 Å². The lowest BCUT2D eigenvalue weighted by atomic mass is 9.91. The van der Waals surface area contributed by atoms with Gasteiger partial charge in [-0.25, -0.2) is 4.79 Å². The summed E-state index contributed by atoms with van der Waals surface area (Å²) in [5, 5.41) is 18.2. The first kappa shape index (κ1) is 11.0. The van der Waals surface area contributed by atoms with Gasteiger partial charge in [0.2, 0.25) is 0 Å². The smallest absolute Gasteiger partial charge is 0.327 e. The van der Waals surface area contributed by atoms with Crippen LogP contribution in [0.5, 0.6) is 0 Å². The van der Waals surface area contributed by atoms with E-state index in [1.165, 1.54) is 0 Å². The van der Waals surface area contributed by atoms with Crippen molar-refractivity contribution < 1.29 is 15.0 Å². The molecule has 2 N–H and O–H groups in total. The molecule has 3 heteroatoms. The standard InChI is InChI=1S/C11H16O3/c12-10-6-4-2-1-3-5-9(10)7-8-11(13)14/h1-2,7-10,12H,3-6H2,(H,13,14). The number of allylic oxidation sites excluding steroid dienone is 2. The van der Waals surface area contributed by atoms with E-state index in [2.05, 4.69) is 12.2 Å². The first-order valence-electron chi connectivity index (χ1n) is 4.94. The minimum absolute atomic E-state index is 0.0175. The molecule has 2 atom stereocenters. The van der Waals surface area contributed by atoms with Crippen LogP contribution in [0, 0.1) is 5.92 Å². The lowest BCUT2D eigenvalue weighted by Crippen LogP contribution is -2.19. The van der Waals surface area contributed by atoms with Gasteiger partial charge in [-0.3, -0.25) is 0 Å². The number of carboxylic acid groups (broad SMARTS) is 1. The van der Waals surface area contributed by atoms with E-state index in [1.807, 2.05) is 0 Å². The Morgan fingerprint density at radius 3 is 2.57 bits per heavy atom. The van der Waals surface area contributed by atoms with Gasteiger partial charge in [-0.15, -0.1) is 0 Å². The predicted molar refractivity (Wildman–Crippen MR) is 53.9 cm³/mol. The van der Waals surface area contributed by atoms with Crippen LogP contribution in [0.25, 0.3) is 0 Å². The van der Waals surface area contributed by atoms with Crippen LogP contribution in [-0.2, 0) is 4.79 Å². The van der Waals surface area contributed by atoms with Crippen LogP contribution in [0.15, 0.2) is 24.3 Å². The molecule has 2 unspecified atom stereocenters. The maximum absolute atomic E-state index is 10.3. The molecular weight excluding hydrogens is 180 g/mol. The van der Waals surface area contributed by atoms with E-state index in [0.717, 1.165) is 25.3 Å². The number of carboxylic acids is 1. The Labute approximate surface area is 83.8 Å². The zero-order valence-electron chi connectivity index (χ0n) is 8.10. The zero-order chi connectivity index (χ0) is 10.4. The summed E-state index contributed by atoms with van der Waals surface area (Å²) in [4.78, 5) is 10.3. The van der Waals surface area contributed by atoms with Crippen molar-refractivity contribution in [2.24, 2.45) is 5.92 Å². The monoisotopic (exact) mass is 196 g/mol. The molecule has 14 heavy (non-hydrogen) atoms. The molecular formula is C11H16O3. The summed E-state index contributed by atoms with van der Waals surface area (Å²) in [7, 11) is 0. The van der Waals surface area contributed by atoms with E-state index < -0.39 is 12.1 Å². The Morgan fingerprint density at radius 2 is 1.93 bits per heavy atom. The van der Waals surface area contributed by atoms with Gasteiger partial charge in [-0.1, -0.05) is 18.2 Å². The van der Waals surface area contributed by atoms with Gasteiger partial charge in [0, 0.05) is 12.0 Å². The highest BCUT2D eigenvalue weighted by Crippen LogP contribution is 2.20. The van der Waals surface area contributed by atoms with Crippen LogP contribution in [0.3, 0.4) is 0 Å². The highest BCUT2D eigenvalue weighted by molar-refractivity contribution is 5.79. The molecule has 1 aliphatic rings. The Kier molecular flexibility index (Phi) is 4.40. The van der Waals surface area contributed by atoms with Crippen LogP contribution >= 0.6 is 0 Å². The number of aliphatic hydroxyl groups is 1. The molecule has 0 amide bonds. The van der Waals surface area contributed by atoms with Crippen molar-refractivity contribution >= 4 is 5.97 Å². The summed E-state index contributed by atoms with van der Waals surface area (Å²) < 4.78 is 0. The molecule has 3 nitrogen and oxygen atoms in total. The second-order valence-corrected chi connectivity index (χ2v) is 3.55. The number of hydrogen-bond donors (Lipinski definition) is 2. The molecule has 1 rings (SSSR count). The summed E-state index contributed by atoms with van der Waals surface area (Å²) in [5.41, 5.74) is 0. The molecule has 0 saturated heterocycles. The average Bonchev–Trinajstić information content (AvgIpc) is 2.10. The summed E-state index contributed by atoms with van der Waals surface area (Å²) in [6.07, 6.45) is 9.80. The van der Waals surface area contributed by atoms with Crippen LogP contribution in [0.4, 0.5) is 0 Å². The largest absolute Gasteiger partial charge is 0.478 e. The van der Waals surface area contributed by atoms with Crippen molar-refractivity contribution in [2.45, 2.75) is 31.8 Å². The van der Waals surface area contributed by atoms with Gasteiger partial charge in [0.25, 0.3) is 0 Å². The Hall–Kier alpha value is -1.09. The molecule has 0 aromatic rings. The fourth-order valence-electron chi connectivity index (χ4n) is 1.63. The highest BCUT2D eigenvalue weighted by atomic mass is 16.4. The normalized spacial score (nSPS) is 28.6. The Morgan fingerprint density at radius 1 is 1.29 bits per heavy atom. The van der Waals surface area contributed by atoms with Crippen LogP contribution in [0.2, 0.25) is 0 Å². The minimum atomic E-state index is -0.949. The van der Waals surface area contributed by atoms with E-state index in [4.69, 9.17) is 5.11 Å². The summed E-state index contributed by atoms with van der Waals surface area (Å²) in [5.74, 6) is -0.967. The maximum Gasteiger partial charge on any atom is 0.327 e. The lowest BCUT2D eigenvalue weighted by molar-refractivity contribution is -0.131. The molecule has 0 aromatic carbocycles. The zero-order valence-corrected chi connectivity index (χ0v) is 8.10. The van der Waals surface area contributed by atoms with Gasteiger partial charge in [0.15, 0.2) is 0 Å². The Balaban J connectivity index is 2.55. The van der Waals surface area contributed by atoms with Crippen molar-refractivity contribution in [1.29, 1.82) is 0 Å². The molecule has 78 valence electrons. The molecule has 0 aromatic heterocycles. The number of aliphatic carboxylic acids is 1. The van der Waals surface area contributed by atoms with Gasteiger partial charge >= 0.3 is 5.97 Å². The van der Waals surface area contributed by atoms with E-state index in [9.17, 15) is 9.90 Å². The SMILES string of the molecule is O=C(O)C=CC1CCC=CCCC1O. The number of rotatable bonds is 2. The van der Waals surface area contributed by atoms with Gasteiger partial charge < -0.3 is 10.2 Å². The number of hydrogen-bond acceptors (Lipinski definition) is 2. The van der Waals surface area contributed by atoms with Crippen molar-refractivity contribution in [2.75, 3.05) is 0 Å². The second kappa shape index (κ2) is 5.60. The third-order valence-corrected chi connectivity index (χ3v) is 2.44. The quantitative estimate of drug-likeness (QED) is 0.522. The molecule has 0 saturated carbocycles. The molecule has 0 radical (unpaired) electrons. The third-order valence-electron chi connectivity index (χ3n) is 2.44. The van der Waals surface area contributed by atoms with Gasteiger partial charge in [0.05, 0.1) is 6.10 Å². The van der Waals surface area contributed by atoms with Crippen LogP contribution in [0.1, 0.15) is 25.7 Å². The van der Waals surface area contributed by atoms with Crippen molar-refractivity contribution in [3.63, 3.8) is 0 Å². The number of carbonyl (C=O) groups is 1. The molecule has 1 aliphatic carbocycles. The first-order valence-corrected chi connectivity index (χ1v) is 4.94. The van der Waals surface area contributed by atoms with Crippen molar-refractivity contribution in [1.82, 2.24) is 0 Å². The summed E-state index contributed by atoms with van der Waals surface area (Å²) in [6.45, 7) is 0. The fraction of sp³-hybridized carbons (Fsp3) is 0.545. The fourth-order valence-corrected chi connectivity index (χ4v) is 1.63. The average molecular weight is 196 g/mol. The van der Waals surface area contributed by atoms with Gasteiger partial charge in [-0.2, -0.15) is 0 Å². The van der Waals surface area contributed by atoms with Gasteiger partial charge in [0.1, 0.15) is 0 Å². The molecule has 0 aliphatic heterocycles. The number of aliphatic hydroxyl groups excluding tert-OH is 1. The van der Waals surface area contributed by atoms with E-state index >= 15 is 0 Å². The summed E-state index contributed by atoms with van der Waals surface area (Å²) >= 11 is 0. The van der Waals surface area contributed by atoms with Gasteiger partial charge in [-0.05, 0) is 25.7 Å². The third kappa shape index (κ3) is 3.75. The molecule has 0 spiro atoms. The van der Waals surface area contributed by atoms with Crippen LogP contribution in [-0.4, -0.2) is 22.3 Å². The minimum Gasteiger partial charge on any atom is -0.478 e. The Bertz CT molecular complexity index is 243. The summed E-state index contributed by atoms with van der Waals surface area (Å²) in [6, 6.07) is 0. The lowest BCUT2D eigenvalue weighted by Gasteiger charge is -2.20. The topological polar surface area (TPSA) is 57.5 Å². The molecule has 0 bridgehead atoms. The van der Waals surface area contributed by atoms with Crippen molar-refractivity contribution in [3.05, 3.63) is 24.3 Å². The predicted octanol–water partition coefficient (Wildman–Crippen LogP) is 1.73.